The Kier molecular flexibility index (Phi) is 4.74. The minimum absolute atomic E-state index is 0.00885. The van der Waals surface area contributed by atoms with Crippen LogP contribution >= 0.6 is 0 Å². The van der Waals surface area contributed by atoms with Crippen molar-refractivity contribution in [2.45, 2.75) is 39.5 Å². The third-order valence-corrected chi connectivity index (χ3v) is 4.58. The Labute approximate surface area is 157 Å². The van der Waals surface area contributed by atoms with Gasteiger partial charge in [-0.25, -0.2) is 0 Å². The fourth-order valence-corrected chi connectivity index (χ4v) is 2.91. The Morgan fingerprint density at radius 1 is 1.19 bits per heavy atom. The maximum absolute atomic E-state index is 12.5. The van der Waals surface area contributed by atoms with E-state index in [1.54, 1.807) is 19.3 Å². The molecule has 0 fully saturated rings. The van der Waals surface area contributed by atoms with Crippen LogP contribution in [0.4, 0.5) is 11.4 Å². The van der Waals surface area contributed by atoms with Gasteiger partial charge in [-0.2, -0.15) is 0 Å². The summed E-state index contributed by atoms with van der Waals surface area (Å²) in [7, 11) is 0. The van der Waals surface area contributed by atoms with E-state index in [0.717, 1.165) is 27.7 Å². The predicted octanol–water partition coefficient (Wildman–Crippen LogP) is 5.13. The minimum atomic E-state index is -0.479. The van der Waals surface area contributed by atoms with Crippen molar-refractivity contribution in [2.24, 2.45) is 0 Å². The number of hydrogen-bond acceptors (Lipinski definition) is 4. The predicted molar refractivity (Wildman–Crippen MR) is 105 cm³/mol. The van der Waals surface area contributed by atoms with Crippen LogP contribution in [0, 0.1) is 17.0 Å². The number of hydrogen-bond donors (Lipinski definition) is 1. The van der Waals surface area contributed by atoms with Gasteiger partial charge in [0.05, 0.1) is 23.3 Å². The summed E-state index contributed by atoms with van der Waals surface area (Å²) in [6.07, 6.45) is 1.72. The Morgan fingerprint density at radius 3 is 2.59 bits per heavy atom. The molecule has 0 unspecified atom stereocenters. The van der Waals surface area contributed by atoms with Gasteiger partial charge in [-0.1, -0.05) is 32.9 Å². The number of benzene rings is 2. The molecule has 2 aromatic carbocycles. The number of carbonyl (C=O) groups is 1. The number of rotatable bonds is 4. The monoisotopic (exact) mass is 366 g/mol. The fraction of sp³-hybridized carbons (Fsp3) is 0.286. The van der Waals surface area contributed by atoms with Gasteiger partial charge < -0.3 is 9.73 Å². The molecule has 0 saturated heterocycles. The summed E-state index contributed by atoms with van der Waals surface area (Å²) in [6, 6.07) is 10.4. The van der Waals surface area contributed by atoms with E-state index in [1.165, 1.54) is 12.1 Å². The number of furan rings is 1. The van der Waals surface area contributed by atoms with E-state index in [4.69, 9.17) is 4.42 Å². The molecule has 0 bridgehead atoms. The first-order valence-corrected chi connectivity index (χ1v) is 8.70. The number of anilines is 1. The molecule has 0 radical (unpaired) electrons. The Hall–Kier alpha value is -3.15. The number of amides is 1. The molecule has 0 aliphatic heterocycles. The van der Waals surface area contributed by atoms with Gasteiger partial charge >= 0.3 is 0 Å². The van der Waals surface area contributed by atoms with Crippen LogP contribution in [0.5, 0.6) is 0 Å². The van der Waals surface area contributed by atoms with E-state index in [1.807, 2.05) is 12.1 Å². The maximum Gasteiger partial charge on any atom is 0.271 e. The molecule has 6 heteroatoms. The summed E-state index contributed by atoms with van der Waals surface area (Å²) in [5.41, 5.74) is 3.82. The molecule has 140 valence electrons. The zero-order valence-corrected chi connectivity index (χ0v) is 15.8. The largest absolute Gasteiger partial charge is 0.464 e. The van der Waals surface area contributed by atoms with Gasteiger partial charge in [-0.15, -0.1) is 0 Å². The lowest BCUT2D eigenvalue weighted by Gasteiger charge is -2.18. The molecule has 0 atom stereocenters. The van der Waals surface area contributed by atoms with E-state index < -0.39 is 4.92 Å². The fourth-order valence-electron chi connectivity index (χ4n) is 2.91. The zero-order chi connectivity index (χ0) is 19.8. The first-order chi connectivity index (χ1) is 12.6. The van der Waals surface area contributed by atoms with Crippen molar-refractivity contribution in [1.82, 2.24) is 0 Å². The van der Waals surface area contributed by atoms with Gasteiger partial charge in [0.1, 0.15) is 5.58 Å². The van der Waals surface area contributed by atoms with Crippen molar-refractivity contribution in [1.29, 1.82) is 0 Å². The molecule has 1 N–H and O–H groups in total. The second kappa shape index (κ2) is 6.87. The molecule has 1 amide bonds. The van der Waals surface area contributed by atoms with Crippen LogP contribution in [0.3, 0.4) is 0 Å². The second-order valence-electron chi connectivity index (χ2n) is 7.70. The van der Waals surface area contributed by atoms with Crippen LogP contribution in [-0.4, -0.2) is 10.8 Å². The van der Waals surface area contributed by atoms with Crippen LogP contribution < -0.4 is 5.32 Å². The smallest absolute Gasteiger partial charge is 0.271 e. The number of nitrogens with zero attached hydrogens (tertiary/aromatic N) is 1. The summed E-state index contributed by atoms with van der Waals surface area (Å²) in [6.45, 7) is 8.19. The van der Waals surface area contributed by atoms with Crippen LogP contribution in [0.1, 0.15) is 37.5 Å². The van der Waals surface area contributed by atoms with Crippen molar-refractivity contribution in [3.8, 4) is 0 Å². The van der Waals surface area contributed by atoms with E-state index in [-0.39, 0.29) is 23.4 Å². The number of non-ortho nitro benzene ring substituents is 1. The third kappa shape index (κ3) is 4.00. The van der Waals surface area contributed by atoms with Gasteiger partial charge in [-0.05, 0) is 35.6 Å². The quantitative estimate of drug-likeness (QED) is 0.512. The van der Waals surface area contributed by atoms with Crippen molar-refractivity contribution < 1.29 is 14.1 Å². The molecule has 3 rings (SSSR count). The summed E-state index contributed by atoms with van der Waals surface area (Å²) >= 11 is 0. The van der Waals surface area contributed by atoms with Crippen molar-refractivity contribution in [3.05, 3.63) is 69.5 Å². The molecule has 0 aliphatic carbocycles. The van der Waals surface area contributed by atoms with Gasteiger partial charge in [0.2, 0.25) is 5.91 Å². The Bertz CT molecular complexity index is 1030. The number of fused-ring (bicyclic) bond motifs is 1. The van der Waals surface area contributed by atoms with E-state index in [2.05, 4.69) is 32.2 Å². The summed E-state index contributed by atoms with van der Waals surface area (Å²) in [5, 5.41) is 14.6. The van der Waals surface area contributed by atoms with Crippen LogP contribution in [0.25, 0.3) is 11.0 Å². The molecule has 1 heterocycles. The minimum Gasteiger partial charge on any atom is -0.464 e. The maximum atomic E-state index is 12.5. The molecular formula is C21H22N2O4. The number of carbonyl (C=O) groups excluding carboxylic acids is 1. The lowest BCUT2D eigenvalue weighted by Crippen LogP contribution is -2.15. The number of nitro groups is 1. The van der Waals surface area contributed by atoms with Crippen LogP contribution in [-0.2, 0) is 16.6 Å². The molecule has 0 saturated carbocycles. The highest BCUT2D eigenvalue weighted by Crippen LogP contribution is 2.29. The first kappa shape index (κ1) is 18.6. The summed E-state index contributed by atoms with van der Waals surface area (Å²) < 4.78 is 5.57. The molecule has 6 nitrogen and oxygen atoms in total. The summed E-state index contributed by atoms with van der Waals surface area (Å²) in [5.74, 6) is -0.248. The number of nitro benzene ring substituents is 1. The molecular weight excluding hydrogens is 344 g/mol. The lowest BCUT2D eigenvalue weighted by atomic mass is 9.86. The van der Waals surface area contributed by atoms with Crippen molar-refractivity contribution >= 4 is 28.3 Å². The zero-order valence-electron chi connectivity index (χ0n) is 15.8. The summed E-state index contributed by atoms with van der Waals surface area (Å²) in [4.78, 5) is 23.0. The van der Waals surface area contributed by atoms with Crippen molar-refractivity contribution in [3.63, 3.8) is 0 Å². The van der Waals surface area contributed by atoms with E-state index in [9.17, 15) is 14.9 Å². The van der Waals surface area contributed by atoms with Gasteiger partial charge in [0.15, 0.2) is 0 Å². The Balaban J connectivity index is 1.84. The average molecular weight is 366 g/mol. The van der Waals surface area contributed by atoms with Gasteiger partial charge in [-0.3, -0.25) is 14.9 Å². The molecule has 3 aromatic rings. The molecule has 0 spiro atoms. The Morgan fingerprint density at radius 2 is 1.93 bits per heavy atom. The molecule has 0 aliphatic rings. The van der Waals surface area contributed by atoms with Gasteiger partial charge in [0.25, 0.3) is 5.69 Å². The molecule has 1 aromatic heterocycles. The highest BCUT2D eigenvalue weighted by Gasteiger charge is 2.18. The van der Waals surface area contributed by atoms with E-state index >= 15 is 0 Å². The molecule has 27 heavy (non-hydrogen) atoms. The topological polar surface area (TPSA) is 85.4 Å². The normalized spacial score (nSPS) is 11.6. The van der Waals surface area contributed by atoms with E-state index in [0.29, 0.717) is 5.69 Å². The highest BCUT2D eigenvalue weighted by molar-refractivity contribution is 5.96. The third-order valence-electron chi connectivity index (χ3n) is 4.58. The lowest BCUT2D eigenvalue weighted by molar-refractivity contribution is -0.384. The van der Waals surface area contributed by atoms with Gasteiger partial charge in [0, 0.05) is 23.1 Å². The standard InChI is InChI=1S/C21H22N2O4/c1-13-5-7-16(23(25)26)11-18(13)22-20(24)9-14-12-27-19-8-6-15(10-17(14)19)21(2,3)4/h5-8,10-12H,9H2,1-4H3,(H,22,24). The average Bonchev–Trinajstić information content (AvgIpc) is 2.98. The van der Waals surface area contributed by atoms with Crippen LogP contribution in [0.15, 0.2) is 47.1 Å². The van der Waals surface area contributed by atoms with Crippen molar-refractivity contribution in [2.75, 3.05) is 5.32 Å². The SMILES string of the molecule is Cc1ccc([N+](=O)[O-])cc1NC(=O)Cc1coc2ccc(C(C)(C)C)cc12. The first-order valence-electron chi connectivity index (χ1n) is 8.70. The highest BCUT2D eigenvalue weighted by atomic mass is 16.6. The number of nitrogens with one attached hydrogen (secondary N) is 1. The number of aryl methyl sites for hydroxylation is 1. The second-order valence-corrected chi connectivity index (χ2v) is 7.70. The van der Waals surface area contributed by atoms with Crippen LogP contribution in [0.2, 0.25) is 0 Å².